The van der Waals surface area contributed by atoms with Gasteiger partial charge in [-0.1, -0.05) is 11.6 Å². The molecule has 10 heteroatoms. The highest BCUT2D eigenvalue weighted by atomic mass is 35.5. The van der Waals surface area contributed by atoms with E-state index in [0.29, 0.717) is 10.6 Å². The van der Waals surface area contributed by atoms with Gasteiger partial charge in [0.15, 0.2) is 9.84 Å². The van der Waals surface area contributed by atoms with Crippen LogP contribution in [0.25, 0.3) is 0 Å². The zero-order valence-corrected chi connectivity index (χ0v) is 18.2. The fraction of sp³-hybridized carbons (Fsp3) is 0.316. The Kier molecular flexibility index (Phi) is 7.79. The highest BCUT2D eigenvalue weighted by molar-refractivity contribution is 7.91. The standard InChI is InChI=1S/C19H19ClN2O5S2/c1-3-27-19(24)17-12(2)15(11-21)18(28-17)22-16(23)5-4-10-29(25,26)14-8-6-13(20)7-9-14/h6-9H,3-5,10H2,1-2H3,(H,22,23). The first-order valence-corrected chi connectivity index (χ1v) is 11.5. The molecular formula is C19H19ClN2O5S2. The molecular weight excluding hydrogens is 436 g/mol. The fourth-order valence-corrected chi connectivity index (χ4v) is 5.00. The van der Waals surface area contributed by atoms with Crippen LogP contribution in [0.3, 0.4) is 0 Å². The van der Waals surface area contributed by atoms with Crippen molar-refractivity contribution in [3.8, 4) is 6.07 Å². The molecule has 0 aliphatic carbocycles. The Balaban J connectivity index is 2.01. The van der Waals surface area contributed by atoms with E-state index in [1.54, 1.807) is 13.8 Å². The second-order valence-corrected chi connectivity index (χ2v) is 9.58. The molecule has 1 N–H and O–H groups in total. The number of benzene rings is 1. The van der Waals surface area contributed by atoms with Crippen molar-refractivity contribution >= 4 is 49.7 Å². The number of ether oxygens (including phenoxy) is 1. The monoisotopic (exact) mass is 454 g/mol. The molecule has 1 aromatic carbocycles. The first-order chi connectivity index (χ1) is 13.7. The average Bonchev–Trinajstić information content (AvgIpc) is 2.97. The van der Waals surface area contributed by atoms with Crippen LogP contribution in [0.2, 0.25) is 5.02 Å². The molecule has 0 aliphatic heterocycles. The lowest BCUT2D eigenvalue weighted by molar-refractivity contribution is -0.116. The summed E-state index contributed by atoms with van der Waals surface area (Å²) in [6.07, 6.45) is 0.0527. The summed E-state index contributed by atoms with van der Waals surface area (Å²) >= 11 is 6.73. The van der Waals surface area contributed by atoms with Crippen LogP contribution in [-0.2, 0) is 19.4 Å². The first kappa shape index (κ1) is 22.9. The molecule has 29 heavy (non-hydrogen) atoms. The van der Waals surface area contributed by atoms with Gasteiger partial charge in [0.05, 0.1) is 22.8 Å². The second-order valence-electron chi connectivity index (χ2n) is 6.02. The summed E-state index contributed by atoms with van der Waals surface area (Å²) in [7, 11) is -3.53. The number of sulfone groups is 1. The van der Waals surface area contributed by atoms with Crippen molar-refractivity contribution in [3.05, 3.63) is 45.3 Å². The van der Waals surface area contributed by atoms with Gasteiger partial charge in [0.25, 0.3) is 0 Å². The molecule has 0 saturated heterocycles. The average molecular weight is 455 g/mol. The minimum Gasteiger partial charge on any atom is -0.462 e. The lowest BCUT2D eigenvalue weighted by Gasteiger charge is -2.06. The van der Waals surface area contributed by atoms with Crippen molar-refractivity contribution < 1.29 is 22.7 Å². The number of anilines is 1. The van der Waals surface area contributed by atoms with E-state index in [-0.39, 0.29) is 45.5 Å². The number of nitrogens with zero attached hydrogens (tertiary/aromatic N) is 1. The lowest BCUT2D eigenvalue weighted by atomic mass is 10.1. The van der Waals surface area contributed by atoms with Crippen molar-refractivity contribution in [2.24, 2.45) is 0 Å². The lowest BCUT2D eigenvalue weighted by Crippen LogP contribution is -2.14. The third-order valence-corrected chi connectivity index (χ3v) is 7.22. The maximum absolute atomic E-state index is 12.3. The Morgan fingerprint density at radius 2 is 1.93 bits per heavy atom. The van der Waals surface area contributed by atoms with Crippen LogP contribution in [0.15, 0.2) is 29.2 Å². The molecule has 0 saturated carbocycles. The topological polar surface area (TPSA) is 113 Å². The van der Waals surface area contributed by atoms with Crippen LogP contribution in [0.5, 0.6) is 0 Å². The zero-order chi connectivity index (χ0) is 21.6. The van der Waals surface area contributed by atoms with Crippen molar-refractivity contribution in [2.75, 3.05) is 17.7 Å². The zero-order valence-electron chi connectivity index (χ0n) is 15.8. The van der Waals surface area contributed by atoms with Gasteiger partial charge in [0.2, 0.25) is 5.91 Å². The van der Waals surface area contributed by atoms with Crippen LogP contribution in [0, 0.1) is 18.3 Å². The quantitative estimate of drug-likeness (QED) is 0.604. The number of esters is 1. The van der Waals surface area contributed by atoms with Crippen LogP contribution in [0.1, 0.15) is 40.6 Å². The highest BCUT2D eigenvalue weighted by Gasteiger charge is 2.22. The molecule has 0 spiro atoms. The molecule has 1 amide bonds. The van der Waals surface area contributed by atoms with Crippen LogP contribution < -0.4 is 5.32 Å². The Morgan fingerprint density at radius 1 is 1.28 bits per heavy atom. The number of nitrogens with one attached hydrogen (secondary N) is 1. The van der Waals surface area contributed by atoms with E-state index in [9.17, 15) is 23.3 Å². The maximum atomic E-state index is 12.3. The summed E-state index contributed by atoms with van der Waals surface area (Å²) in [5, 5.41) is 12.6. The van der Waals surface area contributed by atoms with Gasteiger partial charge >= 0.3 is 5.97 Å². The van der Waals surface area contributed by atoms with Gasteiger partial charge in [-0.05, 0) is 50.1 Å². The van der Waals surface area contributed by atoms with Gasteiger partial charge in [-0.25, -0.2) is 13.2 Å². The summed E-state index contributed by atoms with van der Waals surface area (Å²) in [4.78, 5) is 24.6. The van der Waals surface area contributed by atoms with Crippen LogP contribution in [0.4, 0.5) is 5.00 Å². The number of carbonyl (C=O) groups is 2. The minimum atomic E-state index is -3.53. The minimum absolute atomic E-state index is 0.0522. The van der Waals surface area contributed by atoms with Crippen LogP contribution >= 0.6 is 22.9 Å². The Morgan fingerprint density at radius 3 is 2.52 bits per heavy atom. The van der Waals surface area contributed by atoms with Crippen molar-refractivity contribution in [1.82, 2.24) is 0 Å². The predicted molar refractivity (Wildman–Crippen MR) is 111 cm³/mol. The second kappa shape index (κ2) is 9.87. The van der Waals surface area contributed by atoms with E-state index in [1.165, 1.54) is 24.3 Å². The summed E-state index contributed by atoms with van der Waals surface area (Å²) in [6.45, 7) is 3.48. The smallest absolute Gasteiger partial charge is 0.348 e. The van der Waals surface area contributed by atoms with E-state index >= 15 is 0 Å². The van der Waals surface area contributed by atoms with Gasteiger partial charge in [-0.3, -0.25) is 4.79 Å². The van der Waals surface area contributed by atoms with Gasteiger partial charge < -0.3 is 10.1 Å². The number of amides is 1. The Bertz CT molecular complexity index is 1050. The molecule has 2 aromatic rings. The Hall–Kier alpha value is -2.41. The molecule has 0 radical (unpaired) electrons. The third-order valence-electron chi connectivity index (χ3n) is 3.96. The van der Waals surface area contributed by atoms with Gasteiger partial charge in [-0.15, -0.1) is 11.3 Å². The third kappa shape index (κ3) is 5.79. The fourth-order valence-electron chi connectivity index (χ4n) is 2.50. The number of thiophene rings is 1. The molecule has 1 aromatic heterocycles. The number of nitriles is 1. The van der Waals surface area contributed by atoms with Gasteiger partial charge in [-0.2, -0.15) is 5.26 Å². The molecule has 0 bridgehead atoms. The number of carbonyl (C=O) groups excluding carboxylic acids is 2. The molecule has 7 nitrogen and oxygen atoms in total. The summed E-state index contributed by atoms with van der Waals surface area (Å²) < 4.78 is 29.6. The molecule has 2 rings (SSSR count). The SMILES string of the molecule is CCOC(=O)c1sc(NC(=O)CCCS(=O)(=O)c2ccc(Cl)cc2)c(C#N)c1C. The summed E-state index contributed by atoms with van der Waals surface area (Å²) in [6, 6.07) is 7.79. The van der Waals surface area contributed by atoms with Crippen molar-refractivity contribution in [3.63, 3.8) is 0 Å². The van der Waals surface area contributed by atoms with Crippen LogP contribution in [-0.4, -0.2) is 32.7 Å². The summed E-state index contributed by atoms with van der Waals surface area (Å²) in [5.74, 6) is -1.20. The number of hydrogen-bond acceptors (Lipinski definition) is 7. The van der Waals surface area contributed by atoms with Gasteiger partial charge in [0.1, 0.15) is 15.9 Å². The van der Waals surface area contributed by atoms with Crippen molar-refractivity contribution in [2.45, 2.75) is 31.6 Å². The highest BCUT2D eigenvalue weighted by Crippen LogP contribution is 2.33. The number of hydrogen-bond donors (Lipinski definition) is 1. The largest absolute Gasteiger partial charge is 0.462 e. The van der Waals surface area contributed by atoms with E-state index < -0.39 is 21.7 Å². The number of halogens is 1. The Labute approximate surface area is 178 Å². The molecule has 0 unspecified atom stereocenters. The molecule has 1 heterocycles. The molecule has 0 fully saturated rings. The van der Waals surface area contributed by atoms with E-state index in [2.05, 4.69) is 5.32 Å². The number of rotatable bonds is 8. The van der Waals surface area contributed by atoms with Gasteiger partial charge in [0, 0.05) is 11.4 Å². The molecule has 0 aliphatic rings. The van der Waals surface area contributed by atoms with E-state index in [0.717, 1.165) is 11.3 Å². The first-order valence-electron chi connectivity index (χ1n) is 8.68. The van der Waals surface area contributed by atoms with E-state index in [1.807, 2.05) is 6.07 Å². The van der Waals surface area contributed by atoms with Crippen molar-refractivity contribution in [1.29, 1.82) is 5.26 Å². The normalized spacial score (nSPS) is 11.0. The molecule has 0 atom stereocenters. The van der Waals surface area contributed by atoms with E-state index in [4.69, 9.17) is 16.3 Å². The molecule has 154 valence electrons. The predicted octanol–water partition coefficient (Wildman–Crippen LogP) is 3.95. The summed E-state index contributed by atoms with van der Waals surface area (Å²) in [5.41, 5.74) is 0.636. The maximum Gasteiger partial charge on any atom is 0.348 e.